The molecule has 1 unspecified atom stereocenters. The summed E-state index contributed by atoms with van der Waals surface area (Å²) in [5.74, 6) is -0.277. The number of hydrogen-bond acceptors (Lipinski definition) is 5. The van der Waals surface area contributed by atoms with E-state index in [0.29, 0.717) is 33.9 Å². The number of anilines is 1. The van der Waals surface area contributed by atoms with Crippen molar-refractivity contribution in [1.29, 1.82) is 0 Å². The molecule has 140 valence electrons. The van der Waals surface area contributed by atoms with Crippen LogP contribution in [0.25, 0.3) is 0 Å². The fourth-order valence-electron chi connectivity index (χ4n) is 3.46. The van der Waals surface area contributed by atoms with E-state index in [-0.39, 0.29) is 28.7 Å². The molecule has 0 N–H and O–H groups in total. The van der Waals surface area contributed by atoms with Crippen LogP contribution in [0.4, 0.5) is 5.69 Å². The molecule has 1 aromatic carbocycles. The SMILES string of the molecule is O=C(N=C1S[C@@H]2CS(=O)(=O)C[C@@H]2N1c1cc(Cl)ccc1Cl)C1CCCO1. The highest BCUT2D eigenvalue weighted by Gasteiger charge is 2.50. The van der Waals surface area contributed by atoms with Crippen LogP contribution >= 0.6 is 35.0 Å². The number of nitrogens with zero attached hydrogens (tertiary/aromatic N) is 2. The topological polar surface area (TPSA) is 76.0 Å². The van der Waals surface area contributed by atoms with Crippen molar-refractivity contribution in [3.63, 3.8) is 0 Å². The van der Waals surface area contributed by atoms with Gasteiger partial charge in [-0.15, -0.1) is 0 Å². The Morgan fingerprint density at radius 2 is 2.12 bits per heavy atom. The predicted molar refractivity (Wildman–Crippen MR) is 104 cm³/mol. The zero-order chi connectivity index (χ0) is 18.5. The van der Waals surface area contributed by atoms with E-state index in [1.807, 2.05) is 0 Å². The molecule has 3 saturated heterocycles. The first-order valence-corrected chi connectivity index (χ1v) is 11.7. The van der Waals surface area contributed by atoms with Gasteiger partial charge < -0.3 is 9.64 Å². The van der Waals surface area contributed by atoms with Gasteiger partial charge in [-0.3, -0.25) is 4.79 Å². The van der Waals surface area contributed by atoms with Gasteiger partial charge in [0.05, 0.1) is 28.3 Å². The lowest BCUT2D eigenvalue weighted by Crippen LogP contribution is -2.38. The number of amidine groups is 1. The first-order valence-electron chi connectivity index (χ1n) is 8.19. The summed E-state index contributed by atoms with van der Waals surface area (Å²) in [6.07, 6.45) is 0.963. The number of benzene rings is 1. The number of thioether (sulfide) groups is 1. The van der Waals surface area contributed by atoms with Gasteiger partial charge in [-0.2, -0.15) is 4.99 Å². The Morgan fingerprint density at radius 1 is 1.31 bits per heavy atom. The molecular weight excluding hydrogens is 419 g/mol. The minimum atomic E-state index is -3.14. The second-order valence-electron chi connectivity index (χ2n) is 6.50. The van der Waals surface area contributed by atoms with E-state index < -0.39 is 15.9 Å². The Hall–Kier alpha value is -0.800. The number of carbonyl (C=O) groups is 1. The molecule has 0 saturated carbocycles. The molecule has 3 aliphatic heterocycles. The zero-order valence-electron chi connectivity index (χ0n) is 13.6. The number of sulfone groups is 1. The van der Waals surface area contributed by atoms with Crippen molar-refractivity contribution < 1.29 is 17.9 Å². The lowest BCUT2D eigenvalue weighted by molar-refractivity contribution is -0.126. The average molecular weight is 435 g/mol. The smallest absolute Gasteiger partial charge is 0.277 e. The largest absolute Gasteiger partial charge is 0.368 e. The van der Waals surface area contributed by atoms with Gasteiger partial charge in [-0.25, -0.2) is 8.42 Å². The Labute approximate surface area is 165 Å². The molecular formula is C16H16Cl2N2O4S2. The first kappa shape index (κ1) is 18.6. The van der Waals surface area contributed by atoms with E-state index in [1.54, 1.807) is 23.1 Å². The second kappa shape index (κ2) is 6.98. The molecule has 0 bridgehead atoms. The third kappa shape index (κ3) is 3.49. The maximum Gasteiger partial charge on any atom is 0.277 e. The van der Waals surface area contributed by atoms with E-state index in [0.717, 1.165) is 6.42 Å². The molecule has 4 rings (SSSR count). The molecule has 3 fully saturated rings. The van der Waals surface area contributed by atoms with Crippen LogP contribution < -0.4 is 4.90 Å². The normalized spacial score (nSPS) is 31.5. The van der Waals surface area contributed by atoms with Gasteiger partial charge in [0.25, 0.3) is 5.91 Å². The zero-order valence-corrected chi connectivity index (χ0v) is 16.7. The number of carbonyl (C=O) groups excluding carboxylic acids is 1. The Kier molecular flexibility index (Phi) is 4.98. The summed E-state index contributed by atoms with van der Waals surface area (Å²) in [5.41, 5.74) is 0.565. The quantitative estimate of drug-likeness (QED) is 0.711. The summed E-state index contributed by atoms with van der Waals surface area (Å²) >= 11 is 13.8. The number of rotatable bonds is 2. The fraction of sp³-hybridized carbons (Fsp3) is 0.500. The Balaban J connectivity index is 1.73. The van der Waals surface area contributed by atoms with Crippen LogP contribution in [0.3, 0.4) is 0 Å². The highest BCUT2D eigenvalue weighted by atomic mass is 35.5. The lowest BCUT2D eigenvalue weighted by atomic mass is 10.2. The van der Waals surface area contributed by atoms with Crippen molar-refractivity contribution in [2.24, 2.45) is 4.99 Å². The van der Waals surface area contributed by atoms with Crippen molar-refractivity contribution >= 4 is 61.6 Å². The van der Waals surface area contributed by atoms with Gasteiger partial charge in [0.2, 0.25) is 0 Å². The number of ether oxygens (including phenoxy) is 1. The second-order valence-corrected chi connectivity index (χ2v) is 10.7. The highest BCUT2D eigenvalue weighted by Crippen LogP contribution is 2.43. The summed E-state index contributed by atoms with van der Waals surface area (Å²) < 4.78 is 29.6. The molecule has 26 heavy (non-hydrogen) atoms. The Morgan fingerprint density at radius 3 is 2.85 bits per heavy atom. The number of fused-ring (bicyclic) bond motifs is 1. The van der Waals surface area contributed by atoms with Crippen molar-refractivity contribution in [1.82, 2.24) is 0 Å². The van der Waals surface area contributed by atoms with Crippen molar-refractivity contribution in [2.75, 3.05) is 23.0 Å². The summed E-state index contributed by atoms with van der Waals surface area (Å²) in [7, 11) is -3.14. The summed E-state index contributed by atoms with van der Waals surface area (Å²) in [4.78, 5) is 18.5. The maximum atomic E-state index is 12.4. The van der Waals surface area contributed by atoms with E-state index in [9.17, 15) is 13.2 Å². The number of hydrogen-bond donors (Lipinski definition) is 0. The molecule has 0 aromatic heterocycles. The van der Waals surface area contributed by atoms with Crippen molar-refractivity contribution in [3.05, 3.63) is 28.2 Å². The molecule has 1 amide bonds. The molecule has 1 aromatic rings. The highest BCUT2D eigenvalue weighted by molar-refractivity contribution is 8.16. The van der Waals surface area contributed by atoms with Gasteiger partial charge in [0, 0.05) is 16.9 Å². The van der Waals surface area contributed by atoms with Gasteiger partial charge in [0.15, 0.2) is 15.0 Å². The minimum absolute atomic E-state index is 0.000643. The molecule has 10 heteroatoms. The van der Waals surface area contributed by atoms with Crippen LogP contribution in [-0.2, 0) is 19.4 Å². The van der Waals surface area contributed by atoms with Crippen LogP contribution in [0.15, 0.2) is 23.2 Å². The third-order valence-electron chi connectivity index (χ3n) is 4.65. The van der Waals surface area contributed by atoms with E-state index in [4.69, 9.17) is 27.9 Å². The molecule has 0 aliphatic carbocycles. The maximum absolute atomic E-state index is 12.4. The van der Waals surface area contributed by atoms with E-state index >= 15 is 0 Å². The van der Waals surface area contributed by atoms with E-state index in [2.05, 4.69) is 4.99 Å². The lowest BCUT2D eigenvalue weighted by Gasteiger charge is -2.25. The monoisotopic (exact) mass is 434 g/mol. The van der Waals surface area contributed by atoms with Gasteiger partial charge in [-0.1, -0.05) is 35.0 Å². The Bertz CT molecular complexity index is 884. The predicted octanol–water partition coefficient (Wildman–Crippen LogP) is 2.77. The van der Waals surface area contributed by atoms with Crippen LogP contribution in [0.2, 0.25) is 10.0 Å². The van der Waals surface area contributed by atoms with Gasteiger partial charge in [-0.05, 0) is 31.0 Å². The minimum Gasteiger partial charge on any atom is -0.368 e. The molecule has 3 aliphatic rings. The molecule has 6 nitrogen and oxygen atoms in total. The molecule has 3 atom stereocenters. The van der Waals surface area contributed by atoms with Crippen LogP contribution in [0, 0.1) is 0 Å². The van der Waals surface area contributed by atoms with Crippen LogP contribution in [0.1, 0.15) is 12.8 Å². The molecule has 3 heterocycles. The fourth-order valence-corrected chi connectivity index (χ4v) is 7.74. The van der Waals surface area contributed by atoms with Crippen molar-refractivity contribution in [3.8, 4) is 0 Å². The standard InChI is InChI=1S/C16H16Cl2N2O4S2/c17-9-3-4-10(18)11(6-9)20-12-7-26(22,23)8-14(12)25-16(20)19-15(21)13-2-1-5-24-13/h3-4,6,12-14H,1-2,5,7-8H2/t12-,13?,14+/m0/s1. The number of halogens is 2. The van der Waals surface area contributed by atoms with Crippen LogP contribution in [0.5, 0.6) is 0 Å². The molecule has 0 radical (unpaired) electrons. The first-order chi connectivity index (χ1) is 12.3. The van der Waals surface area contributed by atoms with E-state index in [1.165, 1.54) is 11.8 Å². The van der Waals surface area contributed by atoms with Gasteiger partial charge in [0.1, 0.15) is 6.10 Å². The number of aliphatic imine (C=N–C) groups is 1. The van der Waals surface area contributed by atoms with Gasteiger partial charge >= 0.3 is 0 Å². The number of amides is 1. The summed E-state index contributed by atoms with van der Waals surface area (Å²) in [6, 6.07) is 4.66. The summed E-state index contributed by atoms with van der Waals surface area (Å²) in [5, 5.41) is 1.17. The molecule has 0 spiro atoms. The van der Waals surface area contributed by atoms with Crippen LogP contribution in [-0.4, -0.2) is 55.0 Å². The van der Waals surface area contributed by atoms with Crippen molar-refractivity contribution in [2.45, 2.75) is 30.2 Å². The third-order valence-corrected chi connectivity index (χ3v) is 8.41. The summed E-state index contributed by atoms with van der Waals surface area (Å²) in [6.45, 7) is 0.557. The average Bonchev–Trinajstić information content (AvgIpc) is 3.25.